The first kappa shape index (κ1) is 22.7. The van der Waals surface area contributed by atoms with Gasteiger partial charge in [-0.05, 0) is 49.6 Å². The van der Waals surface area contributed by atoms with Crippen LogP contribution in [0, 0.1) is 0 Å². The van der Waals surface area contributed by atoms with Gasteiger partial charge in [-0.1, -0.05) is 12.1 Å². The van der Waals surface area contributed by atoms with Crippen LogP contribution in [-0.4, -0.2) is 53.5 Å². The molecule has 9 heteroatoms. The molecule has 2 aromatic rings. The molecular formula is C22H28N2O6S. The first-order chi connectivity index (χ1) is 14.8. The second-order valence-electron chi connectivity index (χ2n) is 7.31. The van der Waals surface area contributed by atoms with Crippen molar-refractivity contribution in [2.45, 2.75) is 25.8 Å². The average molecular weight is 449 g/mol. The van der Waals surface area contributed by atoms with E-state index in [2.05, 4.69) is 5.32 Å². The summed E-state index contributed by atoms with van der Waals surface area (Å²) in [4.78, 5) is 12.7. The van der Waals surface area contributed by atoms with Crippen LogP contribution >= 0.6 is 0 Å². The van der Waals surface area contributed by atoms with Crippen molar-refractivity contribution in [3.63, 3.8) is 0 Å². The van der Waals surface area contributed by atoms with E-state index < -0.39 is 16.1 Å². The molecule has 1 atom stereocenters. The van der Waals surface area contributed by atoms with Gasteiger partial charge in [0.05, 0.1) is 19.1 Å². The SMILES string of the molecule is COc1cccc(CCCNC(=O)[C@@H](C)N(c2ccc3c(c2)OCCO3)S(C)(=O)=O)c1. The molecule has 0 saturated heterocycles. The van der Waals surface area contributed by atoms with Crippen molar-refractivity contribution in [3.8, 4) is 17.2 Å². The van der Waals surface area contributed by atoms with Gasteiger partial charge in [-0.25, -0.2) is 8.42 Å². The molecule has 8 nitrogen and oxygen atoms in total. The number of sulfonamides is 1. The van der Waals surface area contributed by atoms with Crippen molar-refractivity contribution in [2.24, 2.45) is 0 Å². The molecule has 0 fully saturated rings. The number of methoxy groups -OCH3 is 1. The molecule has 0 unspecified atom stereocenters. The van der Waals surface area contributed by atoms with Gasteiger partial charge in [-0.3, -0.25) is 9.10 Å². The first-order valence-corrected chi connectivity index (χ1v) is 11.9. The Kier molecular flexibility index (Phi) is 7.27. The molecular weight excluding hydrogens is 420 g/mol. The van der Waals surface area contributed by atoms with Gasteiger partial charge in [0.2, 0.25) is 15.9 Å². The highest BCUT2D eigenvalue weighted by Gasteiger charge is 2.30. The fourth-order valence-electron chi connectivity index (χ4n) is 3.46. The third-order valence-electron chi connectivity index (χ3n) is 4.94. The number of aryl methyl sites for hydroxylation is 1. The van der Waals surface area contributed by atoms with E-state index in [1.807, 2.05) is 24.3 Å². The monoisotopic (exact) mass is 448 g/mol. The molecule has 0 spiro atoms. The Morgan fingerprint density at radius 3 is 2.61 bits per heavy atom. The Morgan fingerprint density at radius 2 is 1.90 bits per heavy atom. The van der Waals surface area contributed by atoms with Crippen LogP contribution in [-0.2, 0) is 21.2 Å². The molecule has 168 valence electrons. The van der Waals surface area contributed by atoms with E-state index in [9.17, 15) is 13.2 Å². The minimum Gasteiger partial charge on any atom is -0.497 e. The molecule has 1 aliphatic heterocycles. The number of anilines is 1. The highest BCUT2D eigenvalue weighted by Crippen LogP contribution is 2.35. The number of fused-ring (bicyclic) bond motifs is 1. The van der Waals surface area contributed by atoms with Gasteiger partial charge in [0.25, 0.3) is 0 Å². The minimum absolute atomic E-state index is 0.353. The second-order valence-corrected chi connectivity index (χ2v) is 9.17. The Morgan fingerprint density at radius 1 is 1.16 bits per heavy atom. The summed E-state index contributed by atoms with van der Waals surface area (Å²) in [6, 6.07) is 11.7. The number of carbonyl (C=O) groups excluding carboxylic acids is 1. The molecule has 0 saturated carbocycles. The molecule has 1 amide bonds. The van der Waals surface area contributed by atoms with E-state index in [0.717, 1.165) is 28.3 Å². The normalized spacial score (nSPS) is 13.9. The average Bonchev–Trinajstić information content (AvgIpc) is 2.75. The van der Waals surface area contributed by atoms with E-state index in [4.69, 9.17) is 14.2 Å². The van der Waals surface area contributed by atoms with Gasteiger partial charge in [-0.15, -0.1) is 0 Å². The van der Waals surface area contributed by atoms with E-state index >= 15 is 0 Å². The highest BCUT2D eigenvalue weighted by molar-refractivity contribution is 7.92. The predicted octanol–water partition coefficient (Wildman–Crippen LogP) is 2.37. The molecule has 0 aromatic heterocycles. The number of amides is 1. The Hall–Kier alpha value is -2.94. The number of nitrogens with one attached hydrogen (secondary N) is 1. The van der Waals surface area contributed by atoms with Gasteiger partial charge >= 0.3 is 0 Å². The Bertz CT molecular complexity index is 1020. The zero-order chi connectivity index (χ0) is 22.4. The lowest BCUT2D eigenvalue weighted by Gasteiger charge is -2.29. The van der Waals surface area contributed by atoms with Crippen molar-refractivity contribution in [1.82, 2.24) is 5.32 Å². The van der Waals surface area contributed by atoms with Crippen LogP contribution in [0.2, 0.25) is 0 Å². The fraction of sp³-hybridized carbons (Fsp3) is 0.409. The number of hydrogen-bond donors (Lipinski definition) is 1. The van der Waals surface area contributed by atoms with Crippen LogP contribution < -0.4 is 23.8 Å². The first-order valence-electron chi connectivity index (χ1n) is 10.1. The van der Waals surface area contributed by atoms with Crippen LogP contribution in [0.25, 0.3) is 0 Å². The number of hydrogen-bond acceptors (Lipinski definition) is 6. The molecule has 2 aromatic carbocycles. The zero-order valence-electron chi connectivity index (χ0n) is 18.0. The lowest BCUT2D eigenvalue weighted by atomic mass is 10.1. The standard InChI is InChI=1S/C22H28N2O6S/c1-16(22(25)23-11-5-7-17-6-4-8-19(14-17)28-2)24(31(3,26)27)18-9-10-20-21(15-18)30-13-12-29-20/h4,6,8-10,14-16H,5,7,11-13H2,1-3H3,(H,23,25)/t16-/m1/s1. The quantitative estimate of drug-likeness (QED) is 0.592. The van der Waals surface area contributed by atoms with E-state index in [1.165, 1.54) is 0 Å². The zero-order valence-corrected chi connectivity index (χ0v) is 18.8. The number of rotatable bonds is 9. The number of carbonyl (C=O) groups is 1. The molecule has 0 radical (unpaired) electrons. The van der Waals surface area contributed by atoms with Crippen LogP contribution in [0.4, 0.5) is 5.69 Å². The summed E-state index contributed by atoms with van der Waals surface area (Å²) in [6.45, 7) is 2.82. The summed E-state index contributed by atoms with van der Waals surface area (Å²) >= 11 is 0. The Labute approximate surface area is 183 Å². The second kappa shape index (κ2) is 9.91. The molecule has 0 bridgehead atoms. The van der Waals surface area contributed by atoms with Crippen LogP contribution in [0.3, 0.4) is 0 Å². The van der Waals surface area contributed by atoms with Crippen molar-refractivity contribution < 1.29 is 27.4 Å². The van der Waals surface area contributed by atoms with Gasteiger partial charge in [-0.2, -0.15) is 0 Å². The molecule has 1 N–H and O–H groups in total. The maximum Gasteiger partial charge on any atom is 0.243 e. The minimum atomic E-state index is -3.71. The van der Waals surface area contributed by atoms with Gasteiger partial charge in [0.15, 0.2) is 11.5 Å². The summed E-state index contributed by atoms with van der Waals surface area (Å²) in [5.74, 6) is 1.44. The van der Waals surface area contributed by atoms with Crippen LogP contribution in [0.15, 0.2) is 42.5 Å². The molecule has 31 heavy (non-hydrogen) atoms. The largest absolute Gasteiger partial charge is 0.497 e. The highest BCUT2D eigenvalue weighted by atomic mass is 32.2. The fourth-order valence-corrected chi connectivity index (χ4v) is 4.62. The molecule has 3 rings (SSSR count). The summed E-state index contributed by atoms with van der Waals surface area (Å²) < 4.78 is 42.3. The number of nitrogens with zero attached hydrogens (tertiary/aromatic N) is 1. The third kappa shape index (κ3) is 5.81. The lowest BCUT2D eigenvalue weighted by molar-refractivity contribution is -0.121. The van der Waals surface area contributed by atoms with Gasteiger partial charge < -0.3 is 19.5 Å². The van der Waals surface area contributed by atoms with Gasteiger partial charge in [0, 0.05) is 12.6 Å². The molecule has 1 heterocycles. The number of benzene rings is 2. The van der Waals surface area contributed by atoms with Crippen molar-refractivity contribution in [1.29, 1.82) is 0 Å². The third-order valence-corrected chi connectivity index (χ3v) is 6.19. The van der Waals surface area contributed by atoms with Crippen molar-refractivity contribution in [2.75, 3.05) is 37.4 Å². The van der Waals surface area contributed by atoms with Crippen LogP contribution in [0.1, 0.15) is 18.9 Å². The summed E-state index contributed by atoms with van der Waals surface area (Å²) in [7, 11) is -2.09. The summed E-state index contributed by atoms with van der Waals surface area (Å²) in [6.07, 6.45) is 2.56. The molecule has 0 aliphatic carbocycles. The van der Waals surface area contributed by atoms with Crippen molar-refractivity contribution in [3.05, 3.63) is 48.0 Å². The van der Waals surface area contributed by atoms with E-state index in [0.29, 0.717) is 43.4 Å². The van der Waals surface area contributed by atoms with E-state index in [1.54, 1.807) is 32.2 Å². The number of ether oxygens (including phenoxy) is 3. The van der Waals surface area contributed by atoms with E-state index in [-0.39, 0.29) is 5.91 Å². The van der Waals surface area contributed by atoms with Gasteiger partial charge in [0.1, 0.15) is 25.0 Å². The topological polar surface area (TPSA) is 94.2 Å². The van der Waals surface area contributed by atoms with Crippen molar-refractivity contribution >= 4 is 21.6 Å². The molecule has 1 aliphatic rings. The Balaban J connectivity index is 1.63. The summed E-state index contributed by atoms with van der Waals surface area (Å²) in [5, 5.41) is 2.83. The maximum atomic E-state index is 12.7. The van der Waals surface area contributed by atoms with Crippen LogP contribution in [0.5, 0.6) is 17.2 Å². The smallest absolute Gasteiger partial charge is 0.243 e. The summed E-state index contributed by atoms with van der Waals surface area (Å²) in [5.41, 5.74) is 1.46. The lowest BCUT2D eigenvalue weighted by Crippen LogP contribution is -2.48. The predicted molar refractivity (Wildman–Crippen MR) is 119 cm³/mol. The maximum absolute atomic E-state index is 12.7.